The number of hydrogen-bond donors (Lipinski definition) is 2. The van der Waals surface area contributed by atoms with Crippen LogP contribution < -0.4 is 10.2 Å². The van der Waals surface area contributed by atoms with Gasteiger partial charge < -0.3 is 15.3 Å². The Hall–Kier alpha value is -1.06. The number of nitrogens with one attached hydrogen (secondary N) is 1. The summed E-state index contributed by atoms with van der Waals surface area (Å²) in [7, 11) is 0. The number of aliphatic hydroxyl groups is 1. The predicted molar refractivity (Wildman–Crippen MR) is 80.9 cm³/mol. The number of nitrogens with zero attached hydrogens (tertiary/aromatic N) is 1. The molecule has 1 aliphatic rings. The first-order chi connectivity index (χ1) is 9.26. The van der Waals surface area contributed by atoms with Crippen LogP contribution in [0.15, 0.2) is 18.2 Å². The first-order valence-corrected chi connectivity index (χ1v) is 7.44. The van der Waals surface area contributed by atoms with Crippen molar-refractivity contribution < 1.29 is 5.11 Å². The predicted octanol–water partition coefficient (Wildman–Crippen LogP) is 2.11. The van der Waals surface area contributed by atoms with Crippen molar-refractivity contribution in [1.82, 2.24) is 5.32 Å². The van der Waals surface area contributed by atoms with Gasteiger partial charge in [-0.15, -0.1) is 0 Å². The highest BCUT2D eigenvalue weighted by atomic mass is 16.3. The fourth-order valence-corrected chi connectivity index (χ4v) is 3.07. The molecule has 2 rings (SSSR count). The molecule has 0 amide bonds. The van der Waals surface area contributed by atoms with Crippen LogP contribution in [0.25, 0.3) is 0 Å². The fraction of sp³-hybridized carbons (Fsp3) is 0.625. The fourth-order valence-electron chi connectivity index (χ4n) is 3.07. The van der Waals surface area contributed by atoms with Crippen LogP contribution in [0.4, 0.5) is 5.69 Å². The average Bonchev–Trinajstić information content (AvgIpc) is 2.45. The van der Waals surface area contributed by atoms with Gasteiger partial charge in [0.2, 0.25) is 0 Å². The number of benzene rings is 1. The Morgan fingerprint density at radius 1 is 1.42 bits per heavy atom. The molecule has 0 aromatic heterocycles. The quantitative estimate of drug-likeness (QED) is 0.853. The smallest absolute Gasteiger partial charge is 0.0556 e. The molecule has 106 valence electrons. The zero-order valence-corrected chi connectivity index (χ0v) is 12.2. The van der Waals surface area contributed by atoms with Gasteiger partial charge in [0, 0.05) is 31.4 Å². The van der Waals surface area contributed by atoms with Gasteiger partial charge in [-0.1, -0.05) is 25.1 Å². The van der Waals surface area contributed by atoms with E-state index in [2.05, 4.69) is 42.3 Å². The largest absolute Gasteiger partial charge is 0.395 e. The molecule has 1 aliphatic heterocycles. The highest BCUT2D eigenvalue weighted by Gasteiger charge is 2.21. The van der Waals surface area contributed by atoms with Crippen molar-refractivity contribution in [2.24, 2.45) is 0 Å². The molecule has 3 heteroatoms. The normalized spacial score (nSPS) is 19.7. The lowest BCUT2D eigenvalue weighted by Gasteiger charge is -2.37. The summed E-state index contributed by atoms with van der Waals surface area (Å²) in [5, 5.41) is 12.4. The van der Waals surface area contributed by atoms with Crippen LogP contribution in [0.3, 0.4) is 0 Å². The Kier molecular flexibility index (Phi) is 5.23. The SMILES string of the molecule is CCc1cccc(C)c1N1CCCC(NCCO)C1. The molecule has 0 spiro atoms. The summed E-state index contributed by atoms with van der Waals surface area (Å²) in [5.74, 6) is 0. The molecule has 0 saturated carbocycles. The second kappa shape index (κ2) is 6.92. The van der Waals surface area contributed by atoms with E-state index in [1.54, 1.807) is 0 Å². The standard InChI is InChI=1S/C16H26N2O/c1-3-14-7-4-6-13(2)16(14)18-10-5-8-15(12-18)17-9-11-19/h4,6-7,15,17,19H,3,5,8-12H2,1-2H3. The molecule has 1 heterocycles. The van der Waals surface area contributed by atoms with E-state index in [9.17, 15) is 0 Å². The summed E-state index contributed by atoms with van der Waals surface area (Å²) in [4.78, 5) is 2.52. The third kappa shape index (κ3) is 3.48. The minimum atomic E-state index is 0.223. The Balaban J connectivity index is 2.12. The molecule has 0 aliphatic carbocycles. The summed E-state index contributed by atoms with van der Waals surface area (Å²) in [6.07, 6.45) is 3.52. The molecular formula is C16H26N2O. The minimum Gasteiger partial charge on any atom is -0.395 e. The maximum Gasteiger partial charge on any atom is 0.0556 e. The average molecular weight is 262 g/mol. The van der Waals surface area contributed by atoms with E-state index in [0.29, 0.717) is 12.6 Å². The molecule has 0 radical (unpaired) electrons. The van der Waals surface area contributed by atoms with E-state index in [-0.39, 0.29) is 6.61 Å². The van der Waals surface area contributed by atoms with Crippen LogP contribution in [0.2, 0.25) is 0 Å². The van der Waals surface area contributed by atoms with Crippen LogP contribution >= 0.6 is 0 Å². The van der Waals surface area contributed by atoms with E-state index >= 15 is 0 Å². The monoisotopic (exact) mass is 262 g/mol. The molecule has 1 aromatic carbocycles. The summed E-state index contributed by atoms with van der Waals surface area (Å²) < 4.78 is 0. The number of piperidine rings is 1. The van der Waals surface area contributed by atoms with Crippen LogP contribution in [0.1, 0.15) is 30.9 Å². The van der Waals surface area contributed by atoms with E-state index in [1.807, 2.05) is 0 Å². The highest BCUT2D eigenvalue weighted by molar-refractivity contribution is 5.59. The number of hydrogen-bond acceptors (Lipinski definition) is 3. The van der Waals surface area contributed by atoms with Crippen LogP contribution in [0.5, 0.6) is 0 Å². The Labute approximate surface area is 116 Å². The Morgan fingerprint density at radius 3 is 3.00 bits per heavy atom. The van der Waals surface area contributed by atoms with Crippen molar-refractivity contribution in [3.8, 4) is 0 Å². The third-order valence-corrected chi connectivity index (χ3v) is 3.98. The van der Waals surface area contributed by atoms with Crippen molar-refractivity contribution >= 4 is 5.69 Å². The van der Waals surface area contributed by atoms with Crippen molar-refractivity contribution in [2.45, 2.75) is 39.2 Å². The van der Waals surface area contributed by atoms with Crippen molar-refractivity contribution in [2.75, 3.05) is 31.1 Å². The molecule has 19 heavy (non-hydrogen) atoms. The van der Waals surface area contributed by atoms with Gasteiger partial charge in [-0.2, -0.15) is 0 Å². The lowest BCUT2D eigenvalue weighted by atomic mass is 10.00. The second-order valence-electron chi connectivity index (χ2n) is 5.40. The minimum absolute atomic E-state index is 0.223. The molecule has 1 fully saturated rings. The van der Waals surface area contributed by atoms with Gasteiger partial charge in [0.25, 0.3) is 0 Å². The highest BCUT2D eigenvalue weighted by Crippen LogP contribution is 2.28. The summed E-state index contributed by atoms with van der Waals surface area (Å²) in [5.41, 5.74) is 4.26. The van der Waals surface area contributed by atoms with Crippen molar-refractivity contribution in [3.63, 3.8) is 0 Å². The van der Waals surface area contributed by atoms with Gasteiger partial charge in [0.15, 0.2) is 0 Å². The Morgan fingerprint density at radius 2 is 2.26 bits per heavy atom. The summed E-state index contributed by atoms with van der Waals surface area (Å²) >= 11 is 0. The van der Waals surface area contributed by atoms with Gasteiger partial charge in [0.05, 0.1) is 6.61 Å². The van der Waals surface area contributed by atoms with Gasteiger partial charge in [-0.3, -0.25) is 0 Å². The first kappa shape index (κ1) is 14.4. The summed E-state index contributed by atoms with van der Waals surface area (Å²) in [6, 6.07) is 7.11. The molecule has 0 bridgehead atoms. The number of anilines is 1. The number of para-hydroxylation sites is 1. The molecule has 1 saturated heterocycles. The molecule has 3 nitrogen and oxygen atoms in total. The molecule has 1 aromatic rings. The van der Waals surface area contributed by atoms with E-state index in [0.717, 1.165) is 19.5 Å². The topological polar surface area (TPSA) is 35.5 Å². The number of aryl methyl sites for hydroxylation is 2. The molecule has 1 atom stereocenters. The lowest BCUT2D eigenvalue weighted by molar-refractivity contribution is 0.278. The maximum atomic E-state index is 8.93. The lowest BCUT2D eigenvalue weighted by Crippen LogP contribution is -2.47. The van der Waals surface area contributed by atoms with Gasteiger partial charge in [-0.25, -0.2) is 0 Å². The molecule has 2 N–H and O–H groups in total. The first-order valence-electron chi connectivity index (χ1n) is 7.44. The molecular weight excluding hydrogens is 236 g/mol. The van der Waals surface area contributed by atoms with Crippen molar-refractivity contribution in [1.29, 1.82) is 0 Å². The Bertz CT molecular complexity index is 406. The number of aliphatic hydroxyl groups excluding tert-OH is 1. The van der Waals surface area contributed by atoms with E-state index in [1.165, 1.54) is 29.7 Å². The van der Waals surface area contributed by atoms with Gasteiger partial charge in [-0.05, 0) is 37.3 Å². The van der Waals surface area contributed by atoms with Crippen LogP contribution in [-0.4, -0.2) is 37.4 Å². The van der Waals surface area contributed by atoms with E-state index < -0.39 is 0 Å². The zero-order chi connectivity index (χ0) is 13.7. The van der Waals surface area contributed by atoms with Gasteiger partial charge in [0.1, 0.15) is 0 Å². The van der Waals surface area contributed by atoms with Crippen LogP contribution in [-0.2, 0) is 6.42 Å². The maximum absolute atomic E-state index is 8.93. The van der Waals surface area contributed by atoms with E-state index in [4.69, 9.17) is 5.11 Å². The van der Waals surface area contributed by atoms with Crippen molar-refractivity contribution in [3.05, 3.63) is 29.3 Å². The van der Waals surface area contributed by atoms with Gasteiger partial charge >= 0.3 is 0 Å². The second-order valence-corrected chi connectivity index (χ2v) is 5.40. The third-order valence-electron chi connectivity index (χ3n) is 3.98. The summed E-state index contributed by atoms with van der Waals surface area (Å²) in [6.45, 7) is 7.56. The zero-order valence-electron chi connectivity index (χ0n) is 12.2. The van der Waals surface area contributed by atoms with Crippen LogP contribution in [0, 0.1) is 6.92 Å². The molecule has 1 unspecified atom stereocenters. The number of rotatable bonds is 5.